The van der Waals surface area contributed by atoms with Crippen molar-refractivity contribution in [1.29, 1.82) is 0 Å². The molecule has 4 rings (SSSR count). The fourth-order valence-corrected chi connectivity index (χ4v) is 3.80. The van der Waals surface area contributed by atoms with Crippen LogP contribution in [0.2, 0.25) is 0 Å². The molecule has 0 aliphatic heterocycles. The summed E-state index contributed by atoms with van der Waals surface area (Å²) in [4.78, 5) is 42.0. The van der Waals surface area contributed by atoms with Crippen molar-refractivity contribution in [3.63, 3.8) is 0 Å². The minimum Gasteiger partial charge on any atom is -0.308 e. The molecule has 0 spiro atoms. The Morgan fingerprint density at radius 2 is 1.52 bits per heavy atom. The van der Waals surface area contributed by atoms with Crippen LogP contribution < -0.4 is 16.2 Å². The number of thioether (sulfide) groups is 1. The second kappa shape index (κ2) is 9.27. The molecule has 0 unspecified atom stereocenters. The molecule has 0 bridgehead atoms. The third-order valence-corrected chi connectivity index (χ3v) is 5.31. The van der Waals surface area contributed by atoms with Crippen molar-refractivity contribution < 1.29 is 9.59 Å². The van der Waals surface area contributed by atoms with E-state index < -0.39 is 11.9 Å². The summed E-state index contributed by atoms with van der Waals surface area (Å²) in [6.45, 7) is 0. The van der Waals surface area contributed by atoms with Gasteiger partial charge < -0.3 is 5.32 Å². The maximum atomic E-state index is 13.1. The maximum absolute atomic E-state index is 13.1. The highest BCUT2D eigenvalue weighted by Gasteiger charge is 2.15. The number of nitrogens with zero attached hydrogens (tertiary/aromatic N) is 2. The van der Waals surface area contributed by atoms with Gasteiger partial charge >= 0.3 is 6.03 Å². The van der Waals surface area contributed by atoms with Gasteiger partial charge in [-0.2, -0.15) is 0 Å². The van der Waals surface area contributed by atoms with Gasteiger partial charge in [0.1, 0.15) is 0 Å². The number of amides is 3. The van der Waals surface area contributed by atoms with Gasteiger partial charge in [-0.05, 0) is 36.4 Å². The van der Waals surface area contributed by atoms with Gasteiger partial charge in [0.2, 0.25) is 5.91 Å². The smallest absolute Gasteiger partial charge is 0.308 e. The summed E-state index contributed by atoms with van der Waals surface area (Å²) in [5, 5.41) is 5.73. The molecule has 7 nitrogen and oxygen atoms in total. The van der Waals surface area contributed by atoms with Crippen molar-refractivity contribution in [2.24, 2.45) is 0 Å². The highest BCUT2D eigenvalue weighted by Crippen LogP contribution is 2.21. The summed E-state index contributed by atoms with van der Waals surface area (Å²) in [6.07, 6.45) is 0. The van der Waals surface area contributed by atoms with Crippen molar-refractivity contribution in [1.82, 2.24) is 14.9 Å². The number of carbonyl (C=O) groups excluding carboxylic acids is 2. The zero-order valence-corrected chi connectivity index (χ0v) is 17.1. The number of aromatic nitrogens is 2. The first-order chi connectivity index (χ1) is 15.1. The van der Waals surface area contributed by atoms with Gasteiger partial charge in [-0.1, -0.05) is 60.3 Å². The summed E-state index contributed by atoms with van der Waals surface area (Å²) < 4.78 is 1.48. The molecular weight excluding hydrogens is 412 g/mol. The molecule has 0 saturated heterocycles. The van der Waals surface area contributed by atoms with Gasteiger partial charge in [0.15, 0.2) is 5.16 Å². The lowest BCUT2D eigenvalue weighted by molar-refractivity contribution is -0.117. The number of fused-ring (bicyclic) bond motifs is 1. The van der Waals surface area contributed by atoms with E-state index in [1.165, 1.54) is 4.57 Å². The Hall–Kier alpha value is -3.91. The number of para-hydroxylation sites is 3. The predicted molar refractivity (Wildman–Crippen MR) is 122 cm³/mol. The first kappa shape index (κ1) is 20.4. The third-order valence-electron chi connectivity index (χ3n) is 4.38. The van der Waals surface area contributed by atoms with Crippen LogP contribution in [0, 0.1) is 0 Å². The van der Waals surface area contributed by atoms with E-state index >= 15 is 0 Å². The van der Waals surface area contributed by atoms with Crippen molar-refractivity contribution in [2.45, 2.75) is 5.16 Å². The van der Waals surface area contributed by atoms with E-state index in [2.05, 4.69) is 15.6 Å². The molecule has 8 heteroatoms. The molecule has 1 aromatic heterocycles. The lowest BCUT2D eigenvalue weighted by atomic mass is 10.2. The summed E-state index contributed by atoms with van der Waals surface area (Å²) >= 11 is 1.09. The van der Waals surface area contributed by atoms with Crippen molar-refractivity contribution in [3.8, 4) is 5.69 Å². The van der Waals surface area contributed by atoms with Gasteiger partial charge in [-0.25, -0.2) is 9.78 Å². The number of rotatable bonds is 5. The Labute approximate surface area is 182 Å². The van der Waals surface area contributed by atoms with Gasteiger partial charge in [-0.3, -0.25) is 19.5 Å². The lowest BCUT2D eigenvalue weighted by Gasteiger charge is -2.13. The Kier molecular flexibility index (Phi) is 6.09. The van der Waals surface area contributed by atoms with Crippen LogP contribution in [0.15, 0.2) is 94.9 Å². The van der Waals surface area contributed by atoms with E-state index in [1.807, 2.05) is 24.3 Å². The lowest BCUT2D eigenvalue weighted by Crippen LogP contribution is -2.35. The van der Waals surface area contributed by atoms with Gasteiger partial charge in [0.05, 0.1) is 22.3 Å². The second-order valence-electron chi connectivity index (χ2n) is 6.54. The third kappa shape index (κ3) is 4.81. The fraction of sp³-hybridized carbons (Fsp3) is 0.0435. The minimum atomic E-state index is -0.622. The van der Waals surface area contributed by atoms with Crippen LogP contribution in [0.3, 0.4) is 0 Å². The molecule has 0 saturated carbocycles. The molecule has 4 aromatic rings. The zero-order valence-electron chi connectivity index (χ0n) is 16.3. The molecule has 0 aliphatic rings. The van der Waals surface area contributed by atoms with E-state index in [9.17, 15) is 14.4 Å². The quantitative estimate of drug-likeness (QED) is 0.371. The monoisotopic (exact) mass is 430 g/mol. The highest BCUT2D eigenvalue weighted by atomic mass is 32.2. The van der Waals surface area contributed by atoms with Gasteiger partial charge in [-0.15, -0.1) is 0 Å². The first-order valence-electron chi connectivity index (χ1n) is 9.48. The number of hydrogen-bond acceptors (Lipinski definition) is 5. The normalized spacial score (nSPS) is 10.6. The van der Waals surface area contributed by atoms with Crippen molar-refractivity contribution >= 4 is 40.3 Å². The number of nitrogens with one attached hydrogen (secondary N) is 2. The standard InChI is InChI=1S/C23H18N4O3S/c28-20(26-22(30)24-16-9-3-1-4-10-16)15-31-23-25-19-14-8-7-13-18(19)21(29)27(23)17-11-5-2-6-12-17/h1-14H,15H2,(H2,24,26,28,30). The number of anilines is 1. The van der Waals surface area contributed by atoms with Crippen molar-refractivity contribution in [2.75, 3.05) is 11.1 Å². The number of benzene rings is 3. The Balaban J connectivity index is 1.54. The minimum absolute atomic E-state index is 0.0835. The summed E-state index contributed by atoms with van der Waals surface area (Å²) in [5.74, 6) is -0.583. The summed E-state index contributed by atoms with van der Waals surface area (Å²) in [5.41, 5.74) is 1.55. The number of carbonyl (C=O) groups is 2. The van der Waals surface area contributed by atoms with Crippen LogP contribution in [0.5, 0.6) is 0 Å². The molecule has 0 aliphatic carbocycles. The average molecular weight is 430 g/mol. The zero-order chi connectivity index (χ0) is 21.6. The Bertz CT molecular complexity index is 1290. The highest BCUT2D eigenvalue weighted by molar-refractivity contribution is 7.99. The molecule has 3 aromatic carbocycles. The predicted octanol–water partition coefficient (Wildman–Crippen LogP) is 3.83. The van der Waals surface area contributed by atoms with Crippen LogP contribution in [-0.2, 0) is 4.79 Å². The number of hydrogen-bond donors (Lipinski definition) is 2. The van der Waals surface area contributed by atoms with Crippen LogP contribution in [0.4, 0.5) is 10.5 Å². The van der Waals surface area contributed by atoms with Gasteiger partial charge in [0.25, 0.3) is 5.56 Å². The summed E-state index contributed by atoms with van der Waals surface area (Å²) in [7, 11) is 0. The van der Waals surface area contributed by atoms with Gasteiger partial charge in [0, 0.05) is 5.69 Å². The molecule has 0 fully saturated rings. The molecule has 0 radical (unpaired) electrons. The topological polar surface area (TPSA) is 93.1 Å². The molecule has 0 atom stereocenters. The van der Waals surface area contributed by atoms with Crippen LogP contribution in [-0.4, -0.2) is 27.2 Å². The van der Waals surface area contributed by atoms with E-state index in [0.29, 0.717) is 27.4 Å². The van der Waals surface area contributed by atoms with Crippen LogP contribution in [0.25, 0.3) is 16.6 Å². The van der Waals surface area contributed by atoms with Crippen LogP contribution in [0.1, 0.15) is 0 Å². The molecule has 1 heterocycles. The van der Waals surface area contributed by atoms with Crippen LogP contribution >= 0.6 is 11.8 Å². The molecule has 154 valence electrons. The number of urea groups is 1. The molecular formula is C23H18N4O3S. The Morgan fingerprint density at radius 3 is 2.26 bits per heavy atom. The maximum Gasteiger partial charge on any atom is 0.325 e. The van der Waals surface area contributed by atoms with E-state index in [0.717, 1.165) is 11.8 Å². The molecule has 3 amide bonds. The van der Waals surface area contributed by atoms with E-state index in [4.69, 9.17) is 0 Å². The second-order valence-corrected chi connectivity index (χ2v) is 7.49. The molecule has 2 N–H and O–H groups in total. The fourth-order valence-electron chi connectivity index (χ4n) is 2.99. The summed E-state index contributed by atoms with van der Waals surface area (Å²) in [6, 6.07) is 24.4. The number of imide groups is 1. The average Bonchev–Trinajstić information content (AvgIpc) is 2.79. The van der Waals surface area contributed by atoms with Crippen molar-refractivity contribution in [3.05, 3.63) is 95.3 Å². The SMILES string of the molecule is O=C(CSc1nc2ccccc2c(=O)n1-c1ccccc1)NC(=O)Nc1ccccc1. The van der Waals surface area contributed by atoms with E-state index in [-0.39, 0.29) is 11.3 Å². The first-order valence-corrected chi connectivity index (χ1v) is 10.5. The largest absolute Gasteiger partial charge is 0.325 e. The Morgan fingerprint density at radius 1 is 0.871 bits per heavy atom. The molecule has 31 heavy (non-hydrogen) atoms. The van der Waals surface area contributed by atoms with E-state index in [1.54, 1.807) is 60.7 Å².